The summed E-state index contributed by atoms with van der Waals surface area (Å²) < 4.78 is 2.03. The molecule has 160 valence electrons. The Bertz CT molecular complexity index is 1080. The van der Waals surface area contributed by atoms with Gasteiger partial charge in [0, 0.05) is 38.4 Å². The number of nitrogens with zero attached hydrogens (tertiary/aromatic N) is 5. The lowest BCUT2D eigenvalue weighted by Crippen LogP contribution is -2.50. The van der Waals surface area contributed by atoms with E-state index in [9.17, 15) is 4.79 Å². The minimum Gasteiger partial charge on any atom is -0.366 e. The Morgan fingerprint density at radius 3 is 2.39 bits per heavy atom. The maximum absolute atomic E-state index is 13.0. The van der Waals surface area contributed by atoms with E-state index in [1.165, 1.54) is 16.9 Å². The number of hydrogen-bond acceptors (Lipinski definition) is 4. The second-order valence-corrected chi connectivity index (χ2v) is 8.45. The lowest BCUT2D eigenvalue weighted by molar-refractivity contribution is -0.119. The van der Waals surface area contributed by atoms with Gasteiger partial charge in [-0.15, -0.1) is 0 Å². The van der Waals surface area contributed by atoms with Crippen molar-refractivity contribution in [3.05, 3.63) is 71.5 Å². The van der Waals surface area contributed by atoms with E-state index in [-0.39, 0.29) is 5.91 Å². The smallest absolute Gasteiger partial charge is 0.241 e. The number of para-hydroxylation sites is 2. The van der Waals surface area contributed by atoms with Gasteiger partial charge in [-0.25, -0.2) is 4.68 Å². The fourth-order valence-corrected chi connectivity index (χ4v) is 4.92. The van der Waals surface area contributed by atoms with E-state index in [1.807, 2.05) is 33.8 Å². The zero-order valence-corrected chi connectivity index (χ0v) is 18.3. The summed E-state index contributed by atoms with van der Waals surface area (Å²) in [5.41, 5.74) is 6.90. The molecule has 1 amide bonds. The summed E-state index contributed by atoms with van der Waals surface area (Å²) in [5.74, 6) is 0.211. The SMILES string of the molecule is Cc1nn(-c2ccccc2)c(C)c1N1CCN(CC(=O)N2CCc3ccccc32)CC1. The number of aryl methyl sites for hydroxylation is 1. The molecule has 0 unspecified atom stereocenters. The third kappa shape index (κ3) is 3.72. The van der Waals surface area contributed by atoms with Crippen LogP contribution in [0.2, 0.25) is 0 Å². The Hall–Kier alpha value is -3.12. The number of carbonyl (C=O) groups excluding carboxylic acids is 1. The summed E-state index contributed by atoms with van der Waals surface area (Å²) in [5, 5.41) is 4.80. The van der Waals surface area contributed by atoms with Crippen LogP contribution in [0.3, 0.4) is 0 Å². The second kappa shape index (κ2) is 8.19. The van der Waals surface area contributed by atoms with E-state index in [0.29, 0.717) is 6.54 Å². The zero-order chi connectivity index (χ0) is 21.4. The first-order valence-electron chi connectivity index (χ1n) is 11.1. The molecule has 3 heterocycles. The van der Waals surface area contributed by atoms with Crippen molar-refractivity contribution in [3.8, 4) is 5.69 Å². The maximum atomic E-state index is 13.0. The van der Waals surface area contributed by atoms with E-state index in [1.54, 1.807) is 0 Å². The van der Waals surface area contributed by atoms with Gasteiger partial charge >= 0.3 is 0 Å². The molecular formula is C25H29N5O. The van der Waals surface area contributed by atoms with Gasteiger partial charge in [0.2, 0.25) is 5.91 Å². The molecule has 2 aliphatic rings. The predicted octanol–water partition coefficient (Wildman–Crippen LogP) is 3.20. The highest BCUT2D eigenvalue weighted by molar-refractivity contribution is 5.96. The number of carbonyl (C=O) groups is 1. The highest BCUT2D eigenvalue weighted by Crippen LogP contribution is 2.29. The summed E-state index contributed by atoms with van der Waals surface area (Å²) in [6.07, 6.45) is 0.958. The predicted molar refractivity (Wildman–Crippen MR) is 124 cm³/mol. The van der Waals surface area contributed by atoms with Crippen molar-refractivity contribution in [1.29, 1.82) is 0 Å². The highest BCUT2D eigenvalue weighted by Gasteiger charge is 2.28. The number of amides is 1. The van der Waals surface area contributed by atoms with Crippen molar-refractivity contribution in [1.82, 2.24) is 14.7 Å². The first kappa shape index (κ1) is 19.8. The highest BCUT2D eigenvalue weighted by atomic mass is 16.2. The number of piperazine rings is 1. The molecular weight excluding hydrogens is 386 g/mol. The van der Waals surface area contributed by atoms with E-state index >= 15 is 0 Å². The molecule has 0 radical (unpaired) electrons. The average molecular weight is 416 g/mol. The molecule has 31 heavy (non-hydrogen) atoms. The molecule has 1 saturated heterocycles. The second-order valence-electron chi connectivity index (χ2n) is 8.45. The molecule has 5 rings (SSSR count). The van der Waals surface area contributed by atoms with E-state index in [2.05, 4.69) is 54.0 Å². The van der Waals surface area contributed by atoms with Crippen LogP contribution in [-0.4, -0.2) is 59.9 Å². The van der Waals surface area contributed by atoms with Gasteiger partial charge in [-0.1, -0.05) is 36.4 Å². The maximum Gasteiger partial charge on any atom is 0.241 e. The Morgan fingerprint density at radius 2 is 1.61 bits per heavy atom. The van der Waals surface area contributed by atoms with E-state index in [4.69, 9.17) is 5.10 Å². The summed E-state index contributed by atoms with van der Waals surface area (Å²) >= 11 is 0. The van der Waals surface area contributed by atoms with Crippen LogP contribution in [0.1, 0.15) is 17.0 Å². The summed E-state index contributed by atoms with van der Waals surface area (Å²) in [7, 11) is 0. The molecule has 0 atom stereocenters. The molecule has 0 N–H and O–H groups in total. The molecule has 6 heteroatoms. The Kier molecular flexibility index (Phi) is 5.24. The number of anilines is 2. The number of hydrogen-bond donors (Lipinski definition) is 0. The molecule has 0 spiro atoms. The first-order chi connectivity index (χ1) is 15.1. The summed E-state index contributed by atoms with van der Waals surface area (Å²) in [4.78, 5) is 19.6. The van der Waals surface area contributed by atoms with Crippen LogP contribution in [0.5, 0.6) is 0 Å². The Balaban J connectivity index is 1.23. The third-order valence-corrected chi connectivity index (χ3v) is 6.49. The van der Waals surface area contributed by atoms with Gasteiger partial charge in [0.1, 0.15) is 0 Å². The quantitative estimate of drug-likeness (QED) is 0.657. The van der Waals surface area contributed by atoms with Crippen LogP contribution in [0.15, 0.2) is 54.6 Å². The molecule has 1 aromatic heterocycles. The number of fused-ring (bicyclic) bond motifs is 1. The van der Waals surface area contributed by atoms with Crippen molar-refractivity contribution in [2.75, 3.05) is 49.1 Å². The van der Waals surface area contributed by atoms with Crippen molar-refractivity contribution in [2.45, 2.75) is 20.3 Å². The molecule has 6 nitrogen and oxygen atoms in total. The van der Waals surface area contributed by atoms with Gasteiger partial charge in [-0.3, -0.25) is 9.69 Å². The Labute approximate surface area is 183 Å². The summed E-state index contributed by atoms with van der Waals surface area (Å²) in [6, 6.07) is 18.5. The fourth-order valence-electron chi connectivity index (χ4n) is 4.92. The molecule has 0 bridgehead atoms. The molecule has 0 saturated carbocycles. The summed E-state index contributed by atoms with van der Waals surface area (Å²) in [6.45, 7) is 9.11. The van der Waals surface area contributed by atoms with E-state index in [0.717, 1.165) is 56.2 Å². The third-order valence-electron chi connectivity index (χ3n) is 6.49. The van der Waals surface area contributed by atoms with Crippen molar-refractivity contribution in [3.63, 3.8) is 0 Å². The van der Waals surface area contributed by atoms with Crippen LogP contribution in [0.25, 0.3) is 5.69 Å². The van der Waals surface area contributed by atoms with Crippen LogP contribution >= 0.6 is 0 Å². The lowest BCUT2D eigenvalue weighted by atomic mass is 10.2. The largest absolute Gasteiger partial charge is 0.366 e. The molecule has 3 aromatic rings. The van der Waals surface area contributed by atoms with Crippen LogP contribution in [-0.2, 0) is 11.2 Å². The molecule has 2 aliphatic heterocycles. The van der Waals surface area contributed by atoms with Crippen LogP contribution < -0.4 is 9.80 Å². The fraction of sp³-hybridized carbons (Fsp3) is 0.360. The van der Waals surface area contributed by atoms with Crippen LogP contribution in [0, 0.1) is 13.8 Å². The minimum absolute atomic E-state index is 0.211. The zero-order valence-electron chi connectivity index (χ0n) is 18.3. The first-order valence-corrected chi connectivity index (χ1v) is 11.1. The van der Waals surface area contributed by atoms with Crippen molar-refractivity contribution in [2.24, 2.45) is 0 Å². The number of aromatic nitrogens is 2. The number of benzene rings is 2. The topological polar surface area (TPSA) is 44.6 Å². The standard InChI is InChI=1S/C25H29N5O/c1-19-25(20(2)30(26-19)22-9-4-3-5-10-22)28-16-14-27(15-17-28)18-24(31)29-13-12-21-8-6-7-11-23(21)29/h3-11H,12-18H2,1-2H3. The minimum atomic E-state index is 0.211. The molecule has 1 fully saturated rings. The van der Waals surface area contributed by atoms with E-state index < -0.39 is 0 Å². The van der Waals surface area contributed by atoms with Crippen LogP contribution in [0.4, 0.5) is 11.4 Å². The lowest BCUT2D eigenvalue weighted by Gasteiger charge is -2.36. The van der Waals surface area contributed by atoms with Gasteiger partial charge < -0.3 is 9.80 Å². The average Bonchev–Trinajstić information content (AvgIpc) is 3.36. The van der Waals surface area contributed by atoms with Gasteiger partial charge in [0.25, 0.3) is 0 Å². The molecule has 0 aliphatic carbocycles. The molecule has 2 aromatic carbocycles. The van der Waals surface area contributed by atoms with Gasteiger partial charge in [0.15, 0.2) is 0 Å². The monoisotopic (exact) mass is 415 g/mol. The van der Waals surface area contributed by atoms with Crippen molar-refractivity contribution < 1.29 is 4.79 Å². The van der Waals surface area contributed by atoms with Crippen molar-refractivity contribution >= 4 is 17.3 Å². The van der Waals surface area contributed by atoms with Gasteiger partial charge in [0.05, 0.1) is 29.3 Å². The Morgan fingerprint density at radius 1 is 0.903 bits per heavy atom. The normalized spacial score (nSPS) is 16.6. The van der Waals surface area contributed by atoms with Gasteiger partial charge in [-0.05, 0) is 44.0 Å². The number of rotatable bonds is 4. The van der Waals surface area contributed by atoms with Gasteiger partial charge in [-0.2, -0.15) is 5.10 Å².